The maximum absolute atomic E-state index is 12.4. The van der Waals surface area contributed by atoms with Crippen LogP contribution >= 0.6 is 0 Å². The number of hydrogen-bond acceptors (Lipinski definition) is 5. The summed E-state index contributed by atoms with van der Waals surface area (Å²) in [6.07, 6.45) is 0. The molecule has 0 spiro atoms. The van der Waals surface area contributed by atoms with Crippen molar-refractivity contribution in [2.75, 3.05) is 52.5 Å². The Morgan fingerprint density at radius 2 is 2.00 bits per heavy atom. The predicted molar refractivity (Wildman–Crippen MR) is 61.8 cm³/mol. The number of nitrogens with zero attached hydrogens (tertiary/aromatic N) is 2. The first kappa shape index (κ1) is 13.2. The molecule has 7 nitrogen and oxygen atoms in total. The Morgan fingerprint density at radius 1 is 1.29 bits per heavy atom. The van der Waals surface area contributed by atoms with E-state index in [4.69, 9.17) is 4.74 Å². The fraction of sp³-hybridized carbons (Fsp3) is 1.00. The van der Waals surface area contributed by atoms with E-state index in [0.29, 0.717) is 39.3 Å². The third kappa shape index (κ3) is 2.78. The molecule has 2 fully saturated rings. The van der Waals surface area contributed by atoms with Crippen LogP contribution in [0.3, 0.4) is 0 Å². The zero-order valence-corrected chi connectivity index (χ0v) is 10.5. The first-order valence-corrected chi connectivity index (χ1v) is 7.22. The standard InChI is InChI=1S/C9H19N3O4S/c13-7-9-8-16-6-5-12(9)17(14,15)11-3-1-10-2-4-11/h9-10,13H,1-8H2. The van der Waals surface area contributed by atoms with Crippen LogP contribution < -0.4 is 5.32 Å². The Kier molecular flexibility index (Phi) is 4.34. The van der Waals surface area contributed by atoms with Crippen LogP contribution in [0.2, 0.25) is 0 Å². The number of piperazine rings is 1. The fourth-order valence-electron chi connectivity index (χ4n) is 2.11. The second-order valence-electron chi connectivity index (χ2n) is 4.18. The maximum Gasteiger partial charge on any atom is 0.282 e. The highest BCUT2D eigenvalue weighted by molar-refractivity contribution is 7.86. The zero-order chi connectivity index (χ0) is 12.3. The molecule has 0 aromatic heterocycles. The molecule has 0 aromatic rings. The number of hydrogen-bond donors (Lipinski definition) is 2. The van der Waals surface area contributed by atoms with Crippen LogP contribution in [0, 0.1) is 0 Å². The van der Waals surface area contributed by atoms with E-state index >= 15 is 0 Å². The van der Waals surface area contributed by atoms with E-state index < -0.39 is 16.3 Å². The van der Waals surface area contributed by atoms with E-state index in [2.05, 4.69) is 5.32 Å². The van der Waals surface area contributed by atoms with E-state index in [1.807, 2.05) is 0 Å². The van der Waals surface area contributed by atoms with Gasteiger partial charge < -0.3 is 15.2 Å². The average Bonchev–Trinajstić information content (AvgIpc) is 2.39. The summed E-state index contributed by atoms with van der Waals surface area (Å²) >= 11 is 0. The molecule has 100 valence electrons. The van der Waals surface area contributed by atoms with E-state index in [9.17, 15) is 13.5 Å². The van der Waals surface area contributed by atoms with Gasteiger partial charge in [-0.2, -0.15) is 17.0 Å². The molecule has 0 aliphatic carbocycles. The van der Waals surface area contributed by atoms with Crippen molar-refractivity contribution in [3.63, 3.8) is 0 Å². The first-order chi connectivity index (χ1) is 8.16. The van der Waals surface area contributed by atoms with Crippen molar-refractivity contribution < 1.29 is 18.3 Å². The third-order valence-electron chi connectivity index (χ3n) is 3.08. The Morgan fingerprint density at radius 3 is 2.65 bits per heavy atom. The second-order valence-corrected chi connectivity index (χ2v) is 6.06. The number of morpholine rings is 1. The minimum atomic E-state index is -3.46. The molecule has 0 aromatic carbocycles. The van der Waals surface area contributed by atoms with Gasteiger partial charge in [0.2, 0.25) is 0 Å². The SMILES string of the molecule is O=S(=O)(N1CCNCC1)N1CCOCC1CO. The summed E-state index contributed by atoms with van der Waals surface area (Å²) < 4.78 is 32.8. The Hall–Kier alpha value is -0.250. The van der Waals surface area contributed by atoms with Crippen molar-refractivity contribution in [1.82, 2.24) is 13.9 Å². The average molecular weight is 265 g/mol. The van der Waals surface area contributed by atoms with Crippen LogP contribution in [0.4, 0.5) is 0 Å². The summed E-state index contributed by atoms with van der Waals surface area (Å²) in [5.41, 5.74) is 0. The molecule has 2 saturated heterocycles. The summed E-state index contributed by atoms with van der Waals surface area (Å²) in [6, 6.07) is -0.455. The molecule has 0 bridgehead atoms. The predicted octanol–water partition coefficient (Wildman–Crippen LogP) is -2.17. The topological polar surface area (TPSA) is 82.1 Å². The van der Waals surface area contributed by atoms with Gasteiger partial charge in [0.05, 0.1) is 25.9 Å². The van der Waals surface area contributed by atoms with Gasteiger partial charge >= 0.3 is 0 Å². The molecular formula is C9H19N3O4S. The minimum Gasteiger partial charge on any atom is -0.395 e. The van der Waals surface area contributed by atoms with Gasteiger partial charge in [-0.25, -0.2) is 0 Å². The highest BCUT2D eigenvalue weighted by atomic mass is 32.2. The summed E-state index contributed by atoms with van der Waals surface area (Å²) in [5.74, 6) is 0. The Labute approximate surface area is 102 Å². The maximum atomic E-state index is 12.4. The molecule has 17 heavy (non-hydrogen) atoms. The molecule has 0 radical (unpaired) electrons. The molecule has 1 unspecified atom stereocenters. The molecule has 2 rings (SSSR count). The molecule has 2 N–H and O–H groups in total. The summed E-state index contributed by atoms with van der Waals surface area (Å²) in [5, 5.41) is 12.3. The number of ether oxygens (including phenoxy) is 1. The van der Waals surface area contributed by atoms with Gasteiger partial charge in [-0.1, -0.05) is 0 Å². The lowest BCUT2D eigenvalue weighted by Gasteiger charge is -2.38. The Balaban J connectivity index is 2.11. The molecule has 0 amide bonds. The van der Waals surface area contributed by atoms with Gasteiger partial charge in [-0.3, -0.25) is 0 Å². The van der Waals surface area contributed by atoms with E-state index in [-0.39, 0.29) is 13.2 Å². The van der Waals surface area contributed by atoms with Gasteiger partial charge in [0.25, 0.3) is 10.2 Å². The van der Waals surface area contributed by atoms with Crippen molar-refractivity contribution in [3.05, 3.63) is 0 Å². The van der Waals surface area contributed by atoms with Crippen LogP contribution in [0.25, 0.3) is 0 Å². The van der Waals surface area contributed by atoms with Gasteiger partial charge in [0, 0.05) is 32.7 Å². The monoisotopic (exact) mass is 265 g/mol. The summed E-state index contributed by atoms with van der Waals surface area (Å²) in [7, 11) is -3.46. The lowest BCUT2D eigenvalue weighted by atomic mass is 10.3. The van der Waals surface area contributed by atoms with Crippen LogP contribution in [0.15, 0.2) is 0 Å². The fourth-order valence-corrected chi connectivity index (χ4v) is 3.86. The number of rotatable bonds is 3. The summed E-state index contributed by atoms with van der Waals surface area (Å²) in [6.45, 7) is 3.09. The van der Waals surface area contributed by atoms with Crippen molar-refractivity contribution in [3.8, 4) is 0 Å². The molecule has 0 saturated carbocycles. The highest BCUT2D eigenvalue weighted by Crippen LogP contribution is 2.16. The van der Waals surface area contributed by atoms with Crippen LogP contribution in [0.1, 0.15) is 0 Å². The normalized spacial score (nSPS) is 29.4. The quantitative estimate of drug-likeness (QED) is 0.607. The van der Waals surface area contributed by atoms with Crippen molar-refractivity contribution >= 4 is 10.2 Å². The van der Waals surface area contributed by atoms with Crippen LogP contribution in [-0.2, 0) is 14.9 Å². The molecule has 2 heterocycles. The van der Waals surface area contributed by atoms with Gasteiger partial charge in [-0.15, -0.1) is 0 Å². The molecule has 1 atom stereocenters. The Bertz CT molecular complexity index is 342. The zero-order valence-electron chi connectivity index (χ0n) is 9.71. The van der Waals surface area contributed by atoms with E-state index in [1.165, 1.54) is 8.61 Å². The van der Waals surface area contributed by atoms with Gasteiger partial charge in [0.1, 0.15) is 0 Å². The molecular weight excluding hydrogens is 246 g/mol. The first-order valence-electron chi connectivity index (χ1n) is 5.82. The third-order valence-corrected chi connectivity index (χ3v) is 5.17. The van der Waals surface area contributed by atoms with E-state index in [0.717, 1.165) is 0 Å². The second kappa shape index (κ2) is 5.59. The molecule has 2 aliphatic heterocycles. The van der Waals surface area contributed by atoms with Crippen molar-refractivity contribution in [2.24, 2.45) is 0 Å². The van der Waals surface area contributed by atoms with Gasteiger partial charge in [0.15, 0.2) is 0 Å². The lowest BCUT2D eigenvalue weighted by molar-refractivity contribution is 0.00809. The number of aliphatic hydroxyl groups is 1. The van der Waals surface area contributed by atoms with E-state index in [1.54, 1.807) is 0 Å². The van der Waals surface area contributed by atoms with Crippen molar-refractivity contribution in [1.29, 1.82) is 0 Å². The number of aliphatic hydroxyl groups excluding tert-OH is 1. The number of nitrogens with one attached hydrogen (secondary N) is 1. The lowest BCUT2D eigenvalue weighted by Crippen LogP contribution is -2.58. The van der Waals surface area contributed by atoms with Gasteiger partial charge in [-0.05, 0) is 0 Å². The highest BCUT2D eigenvalue weighted by Gasteiger charge is 2.36. The summed E-state index contributed by atoms with van der Waals surface area (Å²) in [4.78, 5) is 0. The largest absolute Gasteiger partial charge is 0.395 e. The van der Waals surface area contributed by atoms with Crippen LogP contribution in [-0.4, -0.2) is 80.7 Å². The minimum absolute atomic E-state index is 0.203. The molecule has 8 heteroatoms. The molecule has 2 aliphatic rings. The van der Waals surface area contributed by atoms with Crippen LogP contribution in [0.5, 0.6) is 0 Å². The smallest absolute Gasteiger partial charge is 0.282 e. The van der Waals surface area contributed by atoms with Crippen molar-refractivity contribution in [2.45, 2.75) is 6.04 Å².